The van der Waals surface area contributed by atoms with Gasteiger partial charge in [-0.05, 0) is 6.42 Å². The monoisotopic (exact) mass is 142 g/mol. The zero-order chi connectivity index (χ0) is 7.98. The Balaban J connectivity index is 3.68. The van der Waals surface area contributed by atoms with Crippen molar-refractivity contribution in [3.63, 3.8) is 0 Å². The van der Waals surface area contributed by atoms with Gasteiger partial charge in [0.1, 0.15) is 6.10 Å². The molecule has 0 aromatic carbocycles. The van der Waals surface area contributed by atoms with Crippen molar-refractivity contribution in [3.05, 3.63) is 0 Å². The molecule has 0 rings (SSSR count). The molecule has 0 aromatic rings. The maximum Gasteiger partial charge on any atom is 0.381 e. The predicted octanol–water partition coefficient (Wildman–Crippen LogP) is 0.235. The number of carboxylic acid groups (broad SMARTS) is 1. The number of aliphatic hydroxyl groups excluding tert-OH is 1. The summed E-state index contributed by atoms with van der Waals surface area (Å²) in [6, 6.07) is 0. The van der Waals surface area contributed by atoms with Crippen LogP contribution in [0.25, 0.3) is 0 Å². The maximum absolute atomic E-state index is 9.82. The zero-order valence-electron chi connectivity index (χ0n) is 5.79. The van der Waals surface area contributed by atoms with Crippen molar-refractivity contribution in [2.24, 2.45) is 0 Å². The first kappa shape index (κ1) is 8.99. The van der Waals surface area contributed by atoms with E-state index < -0.39 is 12.1 Å². The van der Waals surface area contributed by atoms with Gasteiger partial charge in [0.2, 0.25) is 0 Å². The lowest BCUT2D eigenvalue weighted by Gasteiger charge is -1.96. The third-order valence-corrected chi connectivity index (χ3v) is 0.908. The summed E-state index contributed by atoms with van der Waals surface area (Å²) in [6.07, 6.45) is 0.538. The molecule has 0 saturated carbocycles. The normalized spacial score (nSPS) is 11.4. The van der Waals surface area contributed by atoms with Crippen LogP contribution in [-0.4, -0.2) is 22.3 Å². The van der Waals surface area contributed by atoms with Gasteiger partial charge < -0.3 is 10.2 Å². The maximum atomic E-state index is 9.82. The van der Waals surface area contributed by atoms with E-state index in [4.69, 9.17) is 10.2 Å². The Labute approximate surface area is 59.7 Å². The highest BCUT2D eigenvalue weighted by Gasteiger charge is 1.95. The zero-order valence-corrected chi connectivity index (χ0v) is 5.79. The van der Waals surface area contributed by atoms with Crippen molar-refractivity contribution in [1.82, 2.24) is 0 Å². The van der Waals surface area contributed by atoms with Crippen molar-refractivity contribution >= 4 is 5.97 Å². The molecule has 3 nitrogen and oxygen atoms in total. The second kappa shape index (κ2) is 4.83. The summed E-state index contributed by atoms with van der Waals surface area (Å²) < 4.78 is 0. The van der Waals surface area contributed by atoms with Gasteiger partial charge in [-0.3, -0.25) is 0 Å². The molecule has 0 aliphatic rings. The fraction of sp³-hybridized carbons (Fsp3) is 0.571. The molecular weight excluding hydrogens is 132 g/mol. The highest BCUT2D eigenvalue weighted by molar-refractivity contribution is 5.86. The second-order valence-electron chi connectivity index (χ2n) is 1.88. The summed E-state index contributed by atoms with van der Waals surface area (Å²) in [4.78, 5) is 9.82. The fourth-order valence-corrected chi connectivity index (χ4v) is 0.491. The van der Waals surface area contributed by atoms with Crippen molar-refractivity contribution in [1.29, 1.82) is 0 Å². The van der Waals surface area contributed by atoms with Crippen LogP contribution >= 0.6 is 0 Å². The van der Waals surface area contributed by atoms with Gasteiger partial charge >= 0.3 is 5.97 Å². The number of hydrogen-bond donors (Lipinski definition) is 2. The molecular formula is C7H10O3. The number of aliphatic hydroxyl groups is 1. The van der Waals surface area contributed by atoms with Gasteiger partial charge in [0.25, 0.3) is 0 Å². The van der Waals surface area contributed by atoms with Crippen molar-refractivity contribution in [3.8, 4) is 11.8 Å². The topological polar surface area (TPSA) is 57.5 Å². The highest BCUT2D eigenvalue weighted by Crippen LogP contribution is 1.92. The molecule has 0 aliphatic carbocycles. The summed E-state index contributed by atoms with van der Waals surface area (Å²) >= 11 is 0. The van der Waals surface area contributed by atoms with E-state index in [2.05, 4.69) is 5.92 Å². The van der Waals surface area contributed by atoms with Gasteiger partial charge in [0.05, 0.1) is 0 Å². The van der Waals surface area contributed by atoms with Crippen LogP contribution < -0.4 is 0 Å². The van der Waals surface area contributed by atoms with Crippen LogP contribution in [-0.2, 0) is 4.79 Å². The summed E-state index contributed by atoms with van der Waals surface area (Å²) in [5.74, 6) is 2.84. The Morgan fingerprint density at radius 2 is 2.30 bits per heavy atom. The van der Waals surface area contributed by atoms with E-state index in [0.717, 1.165) is 6.42 Å². The average Bonchev–Trinajstić information content (AvgIpc) is 1.85. The van der Waals surface area contributed by atoms with Crippen LogP contribution in [0.3, 0.4) is 0 Å². The Bertz CT molecular complexity index is 163. The molecule has 3 heteroatoms. The number of carboxylic acids is 1. The Hall–Kier alpha value is -1.01. The fourth-order valence-electron chi connectivity index (χ4n) is 0.491. The standard InChI is InChI=1S/C7H10O3/c1-2-3-6(8)4-5-7(9)10/h6,8H,2-3H2,1H3,(H,9,10). The Kier molecular flexibility index (Phi) is 4.34. The van der Waals surface area contributed by atoms with E-state index in [0.29, 0.717) is 6.42 Å². The molecule has 10 heavy (non-hydrogen) atoms. The van der Waals surface area contributed by atoms with Crippen LogP contribution in [0.5, 0.6) is 0 Å². The molecule has 1 unspecified atom stereocenters. The summed E-state index contributed by atoms with van der Waals surface area (Å²) in [5, 5.41) is 16.9. The van der Waals surface area contributed by atoms with Gasteiger partial charge in [-0.15, -0.1) is 0 Å². The number of rotatable bonds is 2. The van der Waals surface area contributed by atoms with Gasteiger partial charge in [0.15, 0.2) is 0 Å². The molecule has 0 radical (unpaired) electrons. The first-order chi connectivity index (χ1) is 4.66. The smallest absolute Gasteiger partial charge is 0.381 e. The lowest BCUT2D eigenvalue weighted by molar-refractivity contribution is -0.130. The van der Waals surface area contributed by atoms with E-state index in [1.54, 1.807) is 0 Å². The van der Waals surface area contributed by atoms with E-state index in [-0.39, 0.29) is 0 Å². The van der Waals surface area contributed by atoms with Crippen LogP contribution in [0.2, 0.25) is 0 Å². The average molecular weight is 142 g/mol. The first-order valence-electron chi connectivity index (χ1n) is 3.09. The molecule has 0 aliphatic heterocycles. The van der Waals surface area contributed by atoms with Gasteiger partial charge in [-0.25, -0.2) is 4.79 Å². The number of hydrogen-bond acceptors (Lipinski definition) is 2. The van der Waals surface area contributed by atoms with E-state index in [1.165, 1.54) is 0 Å². The van der Waals surface area contributed by atoms with E-state index in [9.17, 15) is 4.79 Å². The largest absolute Gasteiger partial charge is 0.472 e. The Morgan fingerprint density at radius 3 is 2.70 bits per heavy atom. The van der Waals surface area contributed by atoms with E-state index >= 15 is 0 Å². The van der Waals surface area contributed by atoms with Crippen molar-refractivity contribution < 1.29 is 15.0 Å². The van der Waals surface area contributed by atoms with Crippen LogP contribution in [0.4, 0.5) is 0 Å². The van der Waals surface area contributed by atoms with Crippen LogP contribution in [0.1, 0.15) is 19.8 Å². The minimum Gasteiger partial charge on any atom is -0.472 e. The molecule has 0 bridgehead atoms. The quantitative estimate of drug-likeness (QED) is 0.543. The van der Waals surface area contributed by atoms with Gasteiger partial charge in [-0.1, -0.05) is 19.3 Å². The molecule has 0 saturated heterocycles. The minimum absolute atomic E-state index is 0.528. The summed E-state index contributed by atoms with van der Waals surface area (Å²) in [6.45, 7) is 1.89. The molecule has 56 valence electrons. The SMILES string of the molecule is CCCC(O)C#CC(=O)O. The lowest BCUT2D eigenvalue weighted by atomic mass is 10.2. The molecule has 1 atom stereocenters. The summed E-state index contributed by atoms with van der Waals surface area (Å²) in [5.41, 5.74) is 0. The third kappa shape index (κ3) is 5.13. The second-order valence-corrected chi connectivity index (χ2v) is 1.88. The molecule has 0 heterocycles. The highest BCUT2D eigenvalue weighted by atomic mass is 16.4. The van der Waals surface area contributed by atoms with Crippen molar-refractivity contribution in [2.45, 2.75) is 25.9 Å². The summed E-state index contributed by atoms with van der Waals surface area (Å²) in [7, 11) is 0. The number of aliphatic carboxylic acids is 1. The molecule has 0 aromatic heterocycles. The first-order valence-corrected chi connectivity index (χ1v) is 3.09. The third-order valence-electron chi connectivity index (χ3n) is 0.908. The molecule has 2 N–H and O–H groups in total. The number of carbonyl (C=O) groups is 1. The molecule has 0 amide bonds. The molecule has 0 spiro atoms. The van der Waals surface area contributed by atoms with E-state index in [1.807, 2.05) is 12.8 Å². The lowest BCUT2D eigenvalue weighted by Crippen LogP contribution is -2.02. The van der Waals surface area contributed by atoms with Crippen molar-refractivity contribution in [2.75, 3.05) is 0 Å². The van der Waals surface area contributed by atoms with Crippen LogP contribution in [0, 0.1) is 11.8 Å². The van der Waals surface area contributed by atoms with Gasteiger partial charge in [0, 0.05) is 5.92 Å². The Morgan fingerprint density at radius 1 is 1.70 bits per heavy atom. The van der Waals surface area contributed by atoms with Gasteiger partial charge in [-0.2, -0.15) is 0 Å². The molecule has 0 fully saturated rings. The predicted molar refractivity (Wildman–Crippen MR) is 36.3 cm³/mol. The minimum atomic E-state index is -1.20. The van der Waals surface area contributed by atoms with Crippen LogP contribution in [0.15, 0.2) is 0 Å².